The van der Waals surface area contributed by atoms with Crippen molar-refractivity contribution in [2.75, 3.05) is 7.11 Å². The Kier molecular flexibility index (Phi) is 5.51. The van der Waals surface area contributed by atoms with E-state index in [-0.39, 0.29) is 42.1 Å². The molecule has 2 aromatic rings. The minimum absolute atomic E-state index is 0.127. The van der Waals surface area contributed by atoms with E-state index in [0.717, 1.165) is 21.5 Å². The molecule has 1 heterocycles. The first-order chi connectivity index (χ1) is 16.0. The van der Waals surface area contributed by atoms with E-state index in [1.165, 1.54) is 13.3 Å². The quantitative estimate of drug-likeness (QED) is 0.335. The first-order valence-electron chi connectivity index (χ1n) is 10.6. The maximum absolute atomic E-state index is 12.9. The Balaban J connectivity index is 1.43. The fourth-order valence-electron chi connectivity index (χ4n) is 5.02. The maximum Gasteiger partial charge on any atom is 0.254 e. The predicted molar refractivity (Wildman–Crippen MR) is 123 cm³/mol. The van der Waals surface area contributed by atoms with Crippen LogP contribution in [0.1, 0.15) is 23.1 Å². The summed E-state index contributed by atoms with van der Waals surface area (Å²) in [5, 5.41) is 14.6. The van der Waals surface area contributed by atoms with Gasteiger partial charge in [-0.2, -0.15) is 15.4 Å². The molecule has 0 spiro atoms. The van der Waals surface area contributed by atoms with Crippen molar-refractivity contribution in [3.8, 4) is 17.6 Å². The molecular formula is C25H20BrN3O4. The molecule has 1 saturated carbocycles. The highest BCUT2D eigenvalue weighted by Crippen LogP contribution is 2.52. The lowest BCUT2D eigenvalue weighted by molar-refractivity contribution is -0.140. The van der Waals surface area contributed by atoms with Crippen LogP contribution in [0.25, 0.3) is 0 Å². The Morgan fingerprint density at radius 3 is 2.55 bits per heavy atom. The van der Waals surface area contributed by atoms with Crippen molar-refractivity contribution in [1.29, 1.82) is 5.26 Å². The Labute approximate surface area is 199 Å². The summed E-state index contributed by atoms with van der Waals surface area (Å²) in [7, 11) is 1.52. The summed E-state index contributed by atoms with van der Waals surface area (Å²) >= 11 is 3.45. The van der Waals surface area contributed by atoms with Crippen molar-refractivity contribution < 1.29 is 19.1 Å². The number of ether oxygens (including phenoxy) is 2. The van der Waals surface area contributed by atoms with Crippen LogP contribution in [0.4, 0.5) is 0 Å². The third kappa shape index (κ3) is 3.62. The predicted octanol–water partition coefficient (Wildman–Crippen LogP) is 4.05. The topological polar surface area (TPSA) is 92.0 Å². The molecule has 2 fully saturated rings. The van der Waals surface area contributed by atoms with Crippen LogP contribution in [0.15, 0.2) is 58.1 Å². The summed E-state index contributed by atoms with van der Waals surface area (Å²) in [5.41, 5.74) is 1.79. The lowest BCUT2D eigenvalue weighted by atomic mass is 9.85. The van der Waals surface area contributed by atoms with Crippen LogP contribution in [-0.2, 0) is 16.2 Å². The van der Waals surface area contributed by atoms with E-state index < -0.39 is 0 Å². The largest absolute Gasteiger partial charge is 0.493 e. The van der Waals surface area contributed by atoms with Crippen LogP contribution in [-0.4, -0.2) is 30.1 Å². The smallest absolute Gasteiger partial charge is 0.254 e. The zero-order valence-corrected chi connectivity index (χ0v) is 19.4. The minimum atomic E-state index is -0.306. The van der Waals surface area contributed by atoms with Crippen LogP contribution >= 0.6 is 15.9 Å². The molecule has 4 atom stereocenters. The molecule has 1 saturated heterocycles. The van der Waals surface area contributed by atoms with Gasteiger partial charge in [0.05, 0.1) is 36.8 Å². The molecule has 2 amide bonds. The Morgan fingerprint density at radius 1 is 1.18 bits per heavy atom. The number of nitriles is 1. The molecular weight excluding hydrogens is 486 g/mol. The van der Waals surface area contributed by atoms with Gasteiger partial charge in [-0.15, -0.1) is 0 Å². The Morgan fingerprint density at radius 2 is 1.88 bits per heavy atom. The first-order valence-corrected chi connectivity index (χ1v) is 11.4. The second-order valence-electron chi connectivity index (χ2n) is 8.32. The number of imide groups is 1. The van der Waals surface area contributed by atoms with Crippen LogP contribution in [0.5, 0.6) is 11.5 Å². The summed E-state index contributed by atoms with van der Waals surface area (Å²) in [6, 6.07) is 12.9. The molecule has 0 radical (unpaired) electrons. The third-order valence-electron chi connectivity index (χ3n) is 6.54. The zero-order valence-electron chi connectivity index (χ0n) is 17.8. The molecule has 0 aromatic heterocycles. The van der Waals surface area contributed by atoms with Crippen molar-refractivity contribution in [3.63, 3.8) is 0 Å². The number of benzene rings is 2. The van der Waals surface area contributed by atoms with Gasteiger partial charge in [0.15, 0.2) is 11.5 Å². The molecule has 33 heavy (non-hydrogen) atoms. The highest BCUT2D eigenvalue weighted by molar-refractivity contribution is 9.10. The molecule has 1 aliphatic heterocycles. The number of amides is 2. The van der Waals surface area contributed by atoms with Crippen LogP contribution in [0.2, 0.25) is 0 Å². The molecule has 3 aliphatic rings. The van der Waals surface area contributed by atoms with E-state index in [0.29, 0.717) is 22.6 Å². The number of carbonyl (C=O) groups excluding carboxylic acids is 2. The second kappa shape index (κ2) is 8.49. The summed E-state index contributed by atoms with van der Waals surface area (Å²) in [6.45, 7) is 0.142. The molecule has 2 aromatic carbocycles. The molecule has 166 valence electrons. The molecule has 5 rings (SSSR count). The fourth-order valence-corrected chi connectivity index (χ4v) is 5.47. The monoisotopic (exact) mass is 505 g/mol. The molecule has 0 unspecified atom stereocenters. The number of carbonyl (C=O) groups is 2. The normalized spacial score (nSPS) is 25.1. The number of allylic oxidation sites excluding steroid dienone is 2. The van der Waals surface area contributed by atoms with Gasteiger partial charge in [-0.1, -0.05) is 46.3 Å². The van der Waals surface area contributed by atoms with Gasteiger partial charge >= 0.3 is 0 Å². The standard InChI is InChI=1S/C25H20BrN3O4/c1-32-20-10-19(26)9-18(23(20)33-13-17-5-3-2-4-16(17)11-27)12-28-29-24(30)21-14-6-7-15(8-14)22(21)25(29)31/h2-7,9-10,12,14-15,21-22H,8,13H2,1H3/t14-,15-,21-,22+/m0/s1. The van der Waals surface area contributed by atoms with Gasteiger partial charge in [0.2, 0.25) is 0 Å². The van der Waals surface area contributed by atoms with Gasteiger partial charge in [0.1, 0.15) is 6.61 Å². The number of halogens is 1. The van der Waals surface area contributed by atoms with Gasteiger partial charge in [-0.3, -0.25) is 9.59 Å². The van der Waals surface area contributed by atoms with E-state index >= 15 is 0 Å². The number of hydrogen-bond donors (Lipinski definition) is 0. The van der Waals surface area contributed by atoms with Crippen molar-refractivity contribution in [2.24, 2.45) is 28.8 Å². The van der Waals surface area contributed by atoms with Crippen LogP contribution < -0.4 is 9.47 Å². The van der Waals surface area contributed by atoms with Crippen molar-refractivity contribution in [1.82, 2.24) is 5.01 Å². The van der Waals surface area contributed by atoms with Gasteiger partial charge < -0.3 is 9.47 Å². The highest BCUT2D eigenvalue weighted by atomic mass is 79.9. The fraction of sp³-hybridized carbons (Fsp3) is 0.280. The van der Waals surface area contributed by atoms with E-state index in [1.54, 1.807) is 24.3 Å². The van der Waals surface area contributed by atoms with Crippen LogP contribution in [0.3, 0.4) is 0 Å². The van der Waals surface area contributed by atoms with Gasteiger partial charge in [-0.25, -0.2) is 0 Å². The number of hydrogen-bond acceptors (Lipinski definition) is 6. The number of methoxy groups -OCH3 is 1. The average Bonchev–Trinajstić information content (AvgIpc) is 3.51. The van der Waals surface area contributed by atoms with Crippen molar-refractivity contribution in [3.05, 3.63) is 69.7 Å². The number of nitrogens with zero attached hydrogens (tertiary/aromatic N) is 3. The van der Waals surface area contributed by atoms with E-state index in [2.05, 4.69) is 39.3 Å². The average molecular weight is 506 g/mol. The van der Waals surface area contributed by atoms with Crippen LogP contribution in [0, 0.1) is 35.0 Å². The molecule has 2 bridgehead atoms. The second-order valence-corrected chi connectivity index (χ2v) is 9.23. The van der Waals surface area contributed by atoms with E-state index in [4.69, 9.17) is 9.47 Å². The minimum Gasteiger partial charge on any atom is -0.493 e. The highest BCUT2D eigenvalue weighted by Gasteiger charge is 2.59. The first kappa shape index (κ1) is 21.4. The van der Waals surface area contributed by atoms with E-state index in [9.17, 15) is 14.9 Å². The maximum atomic E-state index is 12.9. The van der Waals surface area contributed by atoms with Gasteiger partial charge in [0, 0.05) is 15.6 Å². The molecule has 8 heteroatoms. The SMILES string of the molecule is COc1cc(Br)cc(C=NN2C(=O)[C@@H]3[C@H](C2=O)[C@H]2C=C[C@H]3C2)c1OCc1ccccc1C#N. The van der Waals surface area contributed by atoms with E-state index in [1.807, 2.05) is 12.1 Å². The molecule has 7 nitrogen and oxygen atoms in total. The number of hydrazone groups is 1. The van der Waals surface area contributed by atoms with Gasteiger partial charge in [-0.05, 0) is 36.5 Å². The Bertz CT molecular complexity index is 1220. The van der Waals surface area contributed by atoms with Gasteiger partial charge in [0.25, 0.3) is 11.8 Å². The lowest BCUT2D eigenvalue weighted by Crippen LogP contribution is -2.28. The summed E-state index contributed by atoms with van der Waals surface area (Å²) in [5.74, 6) is 0.0100. The van der Waals surface area contributed by atoms with Crippen molar-refractivity contribution >= 4 is 34.0 Å². The summed E-state index contributed by atoms with van der Waals surface area (Å²) < 4.78 is 12.3. The number of rotatable bonds is 6. The molecule has 2 aliphatic carbocycles. The van der Waals surface area contributed by atoms with Crippen molar-refractivity contribution in [2.45, 2.75) is 13.0 Å². The zero-order chi connectivity index (χ0) is 23.1. The number of fused-ring (bicyclic) bond motifs is 5. The summed E-state index contributed by atoms with van der Waals surface area (Å²) in [4.78, 5) is 25.9. The third-order valence-corrected chi connectivity index (χ3v) is 7.00. The molecule has 0 N–H and O–H groups in total. The summed E-state index contributed by atoms with van der Waals surface area (Å²) in [6.07, 6.45) is 6.42. The Hall–Kier alpha value is -3.44. The lowest BCUT2D eigenvalue weighted by Gasteiger charge is -2.15.